The second-order valence-electron chi connectivity index (χ2n) is 6.12. The van der Waals surface area contributed by atoms with Gasteiger partial charge in [0.2, 0.25) is 11.8 Å². The molecule has 1 aliphatic carbocycles. The van der Waals surface area contributed by atoms with Gasteiger partial charge in [-0.15, -0.1) is 11.3 Å². The van der Waals surface area contributed by atoms with Crippen molar-refractivity contribution in [3.05, 3.63) is 47.5 Å². The third kappa shape index (κ3) is 4.64. The van der Waals surface area contributed by atoms with Crippen molar-refractivity contribution < 1.29 is 9.59 Å². The van der Waals surface area contributed by atoms with Gasteiger partial charge in [-0.25, -0.2) is 4.98 Å². The number of benzene rings is 1. The average molecular weight is 343 g/mol. The fourth-order valence-corrected chi connectivity index (χ4v) is 3.79. The molecule has 0 spiro atoms. The molecule has 126 valence electrons. The lowest BCUT2D eigenvalue weighted by Crippen LogP contribution is -2.39. The molecule has 24 heavy (non-hydrogen) atoms. The molecule has 2 N–H and O–H groups in total. The van der Waals surface area contributed by atoms with E-state index in [-0.39, 0.29) is 24.3 Å². The van der Waals surface area contributed by atoms with Crippen LogP contribution in [0.5, 0.6) is 0 Å². The highest BCUT2D eigenvalue weighted by Gasteiger charge is 2.29. The van der Waals surface area contributed by atoms with Crippen LogP contribution in [0.4, 0.5) is 5.13 Å². The fourth-order valence-electron chi connectivity index (χ4n) is 3.24. The van der Waals surface area contributed by atoms with E-state index < -0.39 is 0 Å². The molecule has 6 heteroatoms. The van der Waals surface area contributed by atoms with Gasteiger partial charge in [-0.1, -0.05) is 36.8 Å². The van der Waals surface area contributed by atoms with Gasteiger partial charge in [0.05, 0.1) is 0 Å². The highest BCUT2D eigenvalue weighted by Crippen LogP contribution is 2.29. The van der Waals surface area contributed by atoms with E-state index in [1.807, 2.05) is 18.2 Å². The molecule has 0 radical (unpaired) electrons. The van der Waals surface area contributed by atoms with E-state index in [4.69, 9.17) is 0 Å². The van der Waals surface area contributed by atoms with Crippen molar-refractivity contribution in [2.45, 2.75) is 38.1 Å². The molecule has 2 amide bonds. The summed E-state index contributed by atoms with van der Waals surface area (Å²) in [6.07, 6.45) is 5.65. The zero-order chi connectivity index (χ0) is 16.8. The number of nitrogens with zero attached hydrogens (tertiary/aromatic N) is 1. The fraction of sp³-hybridized carbons (Fsp3) is 0.389. The summed E-state index contributed by atoms with van der Waals surface area (Å²) in [5.41, 5.74) is 1.30. The second-order valence-corrected chi connectivity index (χ2v) is 7.01. The van der Waals surface area contributed by atoms with E-state index >= 15 is 0 Å². The van der Waals surface area contributed by atoms with Gasteiger partial charge in [0.1, 0.15) is 6.42 Å². The zero-order valence-corrected chi connectivity index (χ0v) is 14.2. The van der Waals surface area contributed by atoms with Crippen molar-refractivity contribution in [2.75, 3.05) is 5.32 Å². The predicted molar refractivity (Wildman–Crippen MR) is 94.8 cm³/mol. The number of hydrogen-bond donors (Lipinski definition) is 2. The first-order valence-corrected chi connectivity index (χ1v) is 9.11. The quantitative estimate of drug-likeness (QED) is 0.792. The third-order valence-corrected chi connectivity index (χ3v) is 5.03. The van der Waals surface area contributed by atoms with Crippen LogP contribution in [0.1, 0.15) is 31.2 Å². The smallest absolute Gasteiger partial charge is 0.235 e. The summed E-state index contributed by atoms with van der Waals surface area (Å²) in [5.74, 6) is -0.0903. The van der Waals surface area contributed by atoms with Gasteiger partial charge in [0.25, 0.3) is 0 Å². The Bertz CT molecular complexity index is 673. The first-order valence-electron chi connectivity index (χ1n) is 8.23. The third-order valence-electron chi connectivity index (χ3n) is 4.35. The number of anilines is 1. The molecule has 0 aliphatic heterocycles. The lowest BCUT2D eigenvalue weighted by molar-refractivity contribution is -0.127. The Labute approximate surface area is 145 Å². The Hall–Kier alpha value is -2.21. The molecule has 3 rings (SSSR count). The molecule has 1 aromatic carbocycles. The SMILES string of the molecule is O=C(CC(=O)N[C@H]1CCC[C@H]1Cc1ccccc1)Nc1nccs1. The van der Waals surface area contributed by atoms with E-state index in [0.29, 0.717) is 11.0 Å². The molecule has 5 nitrogen and oxygen atoms in total. The number of aromatic nitrogens is 1. The zero-order valence-electron chi connectivity index (χ0n) is 13.4. The average Bonchev–Trinajstić information content (AvgIpc) is 3.21. The minimum absolute atomic E-state index is 0.158. The Morgan fingerprint density at radius 1 is 1.17 bits per heavy atom. The van der Waals surface area contributed by atoms with Crippen molar-refractivity contribution in [1.82, 2.24) is 10.3 Å². The normalized spacial score (nSPS) is 19.8. The summed E-state index contributed by atoms with van der Waals surface area (Å²) < 4.78 is 0. The molecule has 1 aliphatic rings. The summed E-state index contributed by atoms with van der Waals surface area (Å²) in [6, 6.07) is 10.5. The van der Waals surface area contributed by atoms with Crippen LogP contribution in [0.25, 0.3) is 0 Å². The van der Waals surface area contributed by atoms with Crippen molar-refractivity contribution in [3.63, 3.8) is 0 Å². The molecule has 0 unspecified atom stereocenters. The van der Waals surface area contributed by atoms with E-state index in [2.05, 4.69) is 27.8 Å². The molecule has 2 atom stereocenters. The number of thiazole rings is 1. The van der Waals surface area contributed by atoms with Crippen molar-refractivity contribution in [1.29, 1.82) is 0 Å². The maximum Gasteiger partial charge on any atom is 0.235 e. The van der Waals surface area contributed by atoms with Gasteiger partial charge >= 0.3 is 0 Å². The van der Waals surface area contributed by atoms with Gasteiger partial charge < -0.3 is 10.6 Å². The number of nitrogens with one attached hydrogen (secondary N) is 2. The minimum Gasteiger partial charge on any atom is -0.353 e. The van der Waals surface area contributed by atoms with Gasteiger partial charge in [-0.3, -0.25) is 9.59 Å². The predicted octanol–water partition coefficient (Wildman–Crippen LogP) is 3.00. The summed E-state index contributed by atoms with van der Waals surface area (Å²) in [4.78, 5) is 28.0. The molecule has 0 saturated heterocycles. The van der Waals surface area contributed by atoms with Crippen LogP contribution < -0.4 is 10.6 Å². The first-order chi connectivity index (χ1) is 11.7. The van der Waals surface area contributed by atoms with Crippen LogP contribution in [-0.4, -0.2) is 22.8 Å². The van der Waals surface area contributed by atoms with E-state index in [1.54, 1.807) is 11.6 Å². The monoisotopic (exact) mass is 343 g/mol. The summed E-state index contributed by atoms with van der Waals surface area (Å²) in [5, 5.41) is 7.98. The topological polar surface area (TPSA) is 71.1 Å². The molecule has 1 saturated carbocycles. The number of carbonyl (C=O) groups is 2. The maximum atomic E-state index is 12.1. The van der Waals surface area contributed by atoms with Crippen molar-refractivity contribution >= 4 is 28.3 Å². The van der Waals surface area contributed by atoms with Crippen LogP contribution in [0, 0.1) is 5.92 Å². The summed E-state index contributed by atoms with van der Waals surface area (Å²) in [6.45, 7) is 0. The maximum absolute atomic E-state index is 12.1. The van der Waals surface area contributed by atoms with Crippen molar-refractivity contribution in [2.24, 2.45) is 5.92 Å². The molecule has 1 fully saturated rings. The number of amides is 2. The lowest BCUT2D eigenvalue weighted by Gasteiger charge is -2.21. The van der Waals surface area contributed by atoms with E-state index in [9.17, 15) is 9.59 Å². The largest absolute Gasteiger partial charge is 0.353 e. The van der Waals surface area contributed by atoms with Crippen LogP contribution in [0.2, 0.25) is 0 Å². The van der Waals surface area contributed by atoms with Crippen molar-refractivity contribution in [3.8, 4) is 0 Å². The van der Waals surface area contributed by atoms with Gasteiger partial charge in [0.15, 0.2) is 5.13 Å². The Balaban J connectivity index is 1.48. The number of hydrogen-bond acceptors (Lipinski definition) is 4. The summed E-state index contributed by atoms with van der Waals surface area (Å²) in [7, 11) is 0. The second kappa shape index (κ2) is 8.06. The Kier molecular flexibility index (Phi) is 5.59. The highest BCUT2D eigenvalue weighted by atomic mass is 32.1. The Morgan fingerprint density at radius 3 is 2.75 bits per heavy atom. The number of rotatable bonds is 6. The first kappa shape index (κ1) is 16.6. The molecule has 2 aromatic rings. The van der Waals surface area contributed by atoms with E-state index in [1.165, 1.54) is 16.9 Å². The highest BCUT2D eigenvalue weighted by molar-refractivity contribution is 7.13. The van der Waals surface area contributed by atoms with Crippen LogP contribution in [0.15, 0.2) is 41.9 Å². The molecule has 1 heterocycles. The standard InChI is InChI=1S/C18H21N3O2S/c22-16(12-17(23)21-18-19-9-10-24-18)20-15-8-4-7-14(15)11-13-5-2-1-3-6-13/h1-3,5-6,9-10,14-15H,4,7-8,11-12H2,(H,20,22)(H,19,21,23)/t14-,15-/m0/s1. The van der Waals surface area contributed by atoms with Gasteiger partial charge in [-0.2, -0.15) is 0 Å². The molecular weight excluding hydrogens is 322 g/mol. The number of carbonyl (C=O) groups excluding carboxylic acids is 2. The van der Waals surface area contributed by atoms with Gasteiger partial charge in [0, 0.05) is 17.6 Å². The van der Waals surface area contributed by atoms with E-state index in [0.717, 1.165) is 25.7 Å². The van der Waals surface area contributed by atoms with Gasteiger partial charge in [-0.05, 0) is 30.7 Å². The molecule has 1 aromatic heterocycles. The Morgan fingerprint density at radius 2 is 2.00 bits per heavy atom. The molecular formula is C18H21N3O2S. The molecule has 0 bridgehead atoms. The summed E-state index contributed by atoms with van der Waals surface area (Å²) >= 11 is 1.34. The minimum atomic E-state index is -0.319. The van der Waals surface area contributed by atoms with Crippen LogP contribution in [0.3, 0.4) is 0 Å². The van der Waals surface area contributed by atoms with Crippen LogP contribution >= 0.6 is 11.3 Å². The van der Waals surface area contributed by atoms with Crippen LogP contribution in [-0.2, 0) is 16.0 Å². The lowest BCUT2D eigenvalue weighted by atomic mass is 9.94.